The Morgan fingerprint density at radius 1 is 1.50 bits per heavy atom. The number of rotatable bonds is 4. The van der Waals surface area contributed by atoms with Crippen molar-refractivity contribution >= 4 is 0 Å². The molecule has 0 rings (SSSR count). The monoisotopic (exact) mass is 116 g/mol. The molecule has 0 spiro atoms. The maximum Gasteiger partial charge on any atom is 0.0754 e. The number of hydrogen-bond acceptors (Lipinski definition) is 1. The second kappa shape index (κ2) is 5.06. The Bertz CT molecular complexity index is 45.8. The summed E-state index contributed by atoms with van der Waals surface area (Å²) in [6.07, 6.45) is 1.30. The van der Waals surface area contributed by atoms with Gasteiger partial charge in [-0.05, 0) is 20.3 Å². The third-order valence-electron chi connectivity index (χ3n) is 0.600. The van der Waals surface area contributed by atoms with Crippen LogP contribution in [0.15, 0.2) is 0 Å². The summed E-state index contributed by atoms with van der Waals surface area (Å²) in [5, 5.41) is 0. The van der Waals surface area contributed by atoms with E-state index in [1.807, 2.05) is 13.8 Å². The molecule has 0 saturated carbocycles. The molecule has 0 bridgehead atoms. The molecule has 1 radical (unpaired) electrons. The Kier molecular flexibility index (Phi) is 5.01. The summed E-state index contributed by atoms with van der Waals surface area (Å²) in [7, 11) is 0. The van der Waals surface area contributed by atoms with E-state index in [0.717, 1.165) is 13.0 Å². The van der Waals surface area contributed by atoms with E-state index in [2.05, 4.69) is 12.4 Å². The molecule has 0 aromatic carbocycles. The van der Waals surface area contributed by atoms with Gasteiger partial charge in [-0.3, -0.25) is 4.84 Å². The van der Waals surface area contributed by atoms with E-state index in [9.17, 15) is 0 Å². The fraction of sp³-hybridized carbons (Fsp3) is 1.00. The highest BCUT2D eigenvalue weighted by Gasteiger charge is 1.90. The van der Waals surface area contributed by atoms with Gasteiger partial charge in [0.25, 0.3) is 0 Å². The van der Waals surface area contributed by atoms with Gasteiger partial charge >= 0.3 is 0 Å². The van der Waals surface area contributed by atoms with E-state index in [0.29, 0.717) is 0 Å². The highest BCUT2D eigenvalue weighted by atomic mass is 16.7. The van der Waals surface area contributed by atoms with Crippen LogP contribution in [0.5, 0.6) is 0 Å². The van der Waals surface area contributed by atoms with Gasteiger partial charge in [0, 0.05) is 6.54 Å². The minimum Gasteiger partial charge on any atom is -0.279 e. The molecule has 0 atom stereocenters. The Hall–Kier alpha value is -0.0800. The summed E-state index contributed by atoms with van der Waals surface area (Å²) >= 11 is 0. The molecule has 8 heavy (non-hydrogen) atoms. The molecule has 0 aromatic rings. The molecule has 49 valence electrons. The van der Waals surface area contributed by atoms with E-state index in [1.165, 1.54) is 0 Å². The van der Waals surface area contributed by atoms with Crippen LogP contribution in [0.1, 0.15) is 27.2 Å². The first-order chi connectivity index (χ1) is 3.77. The normalized spacial score (nSPS) is 10.5. The second-order valence-electron chi connectivity index (χ2n) is 2.01. The van der Waals surface area contributed by atoms with E-state index >= 15 is 0 Å². The van der Waals surface area contributed by atoms with Gasteiger partial charge in [-0.15, -0.1) is 0 Å². The van der Waals surface area contributed by atoms with Gasteiger partial charge in [0.1, 0.15) is 0 Å². The second-order valence-corrected chi connectivity index (χ2v) is 2.01. The zero-order valence-electron chi connectivity index (χ0n) is 5.85. The summed E-state index contributed by atoms with van der Waals surface area (Å²) in [6, 6.07) is 0. The molecule has 0 saturated heterocycles. The lowest BCUT2D eigenvalue weighted by molar-refractivity contribution is -0.0119. The molecular formula is C6H14NO. The molecule has 0 heterocycles. The third-order valence-corrected chi connectivity index (χ3v) is 0.600. The molecule has 0 aliphatic carbocycles. The van der Waals surface area contributed by atoms with Crippen LogP contribution in [-0.2, 0) is 4.84 Å². The predicted octanol–water partition coefficient (Wildman–Crippen LogP) is 1.34. The van der Waals surface area contributed by atoms with Crippen LogP contribution in [0.25, 0.3) is 0 Å². The summed E-state index contributed by atoms with van der Waals surface area (Å²) in [4.78, 5) is 4.91. The molecule has 0 aliphatic heterocycles. The summed E-state index contributed by atoms with van der Waals surface area (Å²) in [6.45, 7) is 6.84. The molecule has 0 amide bonds. The van der Waals surface area contributed by atoms with Gasteiger partial charge in [-0.2, -0.15) is 0 Å². The summed E-state index contributed by atoms with van der Waals surface area (Å²) in [5.74, 6) is 0. The molecule has 0 unspecified atom stereocenters. The summed E-state index contributed by atoms with van der Waals surface area (Å²) < 4.78 is 0. The first kappa shape index (κ1) is 7.92. The van der Waals surface area contributed by atoms with Crippen LogP contribution in [-0.4, -0.2) is 12.6 Å². The Morgan fingerprint density at radius 2 is 2.12 bits per heavy atom. The molecule has 0 fully saturated rings. The number of hydroxylamine groups is 1. The van der Waals surface area contributed by atoms with Crippen LogP contribution in [0, 0.1) is 0 Å². The molecule has 2 heteroatoms. The van der Waals surface area contributed by atoms with Crippen molar-refractivity contribution in [2.75, 3.05) is 6.54 Å². The average molecular weight is 116 g/mol. The lowest BCUT2D eigenvalue weighted by atomic mass is 10.5. The maximum absolute atomic E-state index is 4.91. The molecule has 0 aliphatic rings. The first-order valence-electron chi connectivity index (χ1n) is 3.10. The highest BCUT2D eigenvalue weighted by molar-refractivity contribution is 4.32. The van der Waals surface area contributed by atoms with E-state index in [4.69, 9.17) is 4.84 Å². The van der Waals surface area contributed by atoms with Crippen LogP contribution < -0.4 is 5.48 Å². The Morgan fingerprint density at radius 3 is 2.50 bits per heavy atom. The summed E-state index contributed by atoms with van der Waals surface area (Å²) in [5.41, 5.74) is 3.79. The van der Waals surface area contributed by atoms with Crippen molar-refractivity contribution in [3.8, 4) is 0 Å². The highest BCUT2D eigenvalue weighted by Crippen LogP contribution is 1.83. The van der Waals surface area contributed by atoms with Gasteiger partial charge < -0.3 is 0 Å². The number of nitrogens with zero attached hydrogens (tertiary/aromatic N) is 1. The lowest BCUT2D eigenvalue weighted by Crippen LogP contribution is -2.12. The van der Waals surface area contributed by atoms with Crippen molar-refractivity contribution in [3.05, 3.63) is 0 Å². The van der Waals surface area contributed by atoms with Gasteiger partial charge in [-0.1, -0.05) is 12.4 Å². The SMILES string of the molecule is CCC[N]OC(C)C. The largest absolute Gasteiger partial charge is 0.279 e. The minimum atomic E-state index is 0.238. The average Bonchev–Trinajstić information content (AvgIpc) is 1.66. The van der Waals surface area contributed by atoms with Gasteiger partial charge in [0.2, 0.25) is 0 Å². The Balaban J connectivity index is 2.72. The standard InChI is InChI=1S/C6H14NO/c1-4-5-7-8-6(2)3/h6H,4-5H2,1-3H3. The van der Waals surface area contributed by atoms with Crippen molar-refractivity contribution < 1.29 is 4.84 Å². The van der Waals surface area contributed by atoms with Gasteiger partial charge in [-0.25, -0.2) is 0 Å². The topological polar surface area (TPSA) is 23.3 Å². The first-order valence-corrected chi connectivity index (χ1v) is 3.10. The number of hydrogen-bond donors (Lipinski definition) is 0. The maximum atomic E-state index is 4.91. The van der Waals surface area contributed by atoms with Crippen LogP contribution >= 0.6 is 0 Å². The smallest absolute Gasteiger partial charge is 0.0754 e. The molecule has 0 N–H and O–H groups in total. The quantitative estimate of drug-likeness (QED) is 0.401. The molecule has 0 aromatic heterocycles. The predicted molar refractivity (Wildman–Crippen MR) is 33.5 cm³/mol. The van der Waals surface area contributed by atoms with Crippen LogP contribution in [0.4, 0.5) is 0 Å². The zero-order chi connectivity index (χ0) is 6.41. The van der Waals surface area contributed by atoms with Crippen molar-refractivity contribution in [2.24, 2.45) is 0 Å². The lowest BCUT2D eigenvalue weighted by Gasteiger charge is -2.02. The van der Waals surface area contributed by atoms with Crippen LogP contribution in [0.2, 0.25) is 0 Å². The fourth-order valence-corrected chi connectivity index (χ4v) is 0.293. The van der Waals surface area contributed by atoms with Crippen molar-refractivity contribution in [1.29, 1.82) is 0 Å². The van der Waals surface area contributed by atoms with Crippen molar-refractivity contribution in [2.45, 2.75) is 33.3 Å². The van der Waals surface area contributed by atoms with Crippen molar-refractivity contribution in [1.82, 2.24) is 5.48 Å². The van der Waals surface area contributed by atoms with Crippen LogP contribution in [0.3, 0.4) is 0 Å². The minimum absolute atomic E-state index is 0.238. The van der Waals surface area contributed by atoms with E-state index in [-0.39, 0.29) is 6.10 Å². The zero-order valence-corrected chi connectivity index (χ0v) is 5.85. The third kappa shape index (κ3) is 5.92. The fourth-order valence-electron chi connectivity index (χ4n) is 0.293. The van der Waals surface area contributed by atoms with E-state index in [1.54, 1.807) is 0 Å². The van der Waals surface area contributed by atoms with E-state index < -0.39 is 0 Å². The van der Waals surface area contributed by atoms with Gasteiger partial charge in [0.05, 0.1) is 6.10 Å². The Labute approximate surface area is 51.2 Å². The molecule has 2 nitrogen and oxygen atoms in total. The molecular weight excluding hydrogens is 102 g/mol. The van der Waals surface area contributed by atoms with Gasteiger partial charge in [0.15, 0.2) is 0 Å². The van der Waals surface area contributed by atoms with Crippen molar-refractivity contribution in [3.63, 3.8) is 0 Å².